The molecule has 1 aromatic heterocycles. The molecule has 116 valence electrons. The summed E-state index contributed by atoms with van der Waals surface area (Å²) in [7, 11) is 3.24. The number of aromatic nitrogens is 1. The van der Waals surface area contributed by atoms with Gasteiger partial charge in [0.15, 0.2) is 23.0 Å². The van der Waals surface area contributed by atoms with Crippen molar-refractivity contribution in [3.8, 4) is 34.3 Å². The topological polar surface area (TPSA) is 49.8 Å². The smallest absolute Gasteiger partial charge is 0.231 e. The van der Waals surface area contributed by atoms with E-state index < -0.39 is 0 Å². The summed E-state index contributed by atoms with van der Waals surface area (Å²) in [4.78, 5) is 4.54. The fourth-order valence-corrected chi connectivity index (χ4v) is 2.78. The minimum Gasteiger partial charge on any atom is -0.493 e. The summed E-state index contributed by atoms with van der Waals surface area (Å²) in [5, 5.41) is 2.05. The molecule has 5 heteroatoms. The molecule has 0 unspecified atom stereocenters. The molecule has 0 radical (unpaired) electrons. The molecule has 0 N–H and O–H groups in total. The maximum atomic E-state index is 5.48. The van der Waals surface area contributed by atoms with E-state index in [1.807, 2.05) is 36.4 Å². The molecule has 23 heavy (non-hydrogen) atoms. The van der Waals surface area contributed by atoms with Gasteiger partial charge in [-0.1, -0.05) is 0 Å². The first-order valence-electron chi connectivity index (χ1n) is 7.21. The Bertz CT molecular complexity index is 892. The first-order chi connectivity index (χ1) is 11.3. The molecular formula is C18H15NO4. The van der Waals surface area contributed by atoms with Gasteiger partial charge in [-0.25, -0.2) is 0 Å². The molecule has 0 fully saturated rings. The van der Waals surface area contributed by atoms with Crippen molar-refractivity contribution < 1.29 is 18.9 Å². The molecule has 0 aliphatic carbocycles. The summed E-state index contributed by atoms with van der Waals surface area (Å²) >= 11 is 0. The number of benzene rings is 2. The number of hydrogen-bond acceptors (Lipinski definition) is 5. The van der Waals surface area contributed by atoms with Crippen LogP contribution >= 0.6 is 0 Å². The fraction of sp³-hybridized carbons (Fsp3) is 0.167. The van der Waals surface area contributed by atoms with Crippen molar-refractivity contribution in [2.75, 3.05) is 21.0 Å². The van der Waals surface area contributed by atoms with Crippen molar-refractivity contribution >= 4 is 10.8 Å². The predicted octanol–water partition coefficient (Wildman–Crippen LogP) is 3.65. The number of nitrogens with zero attached hydrogens (tertiary/aromatic N) is 1. The maximum absolute atomic E-state index is 5.48. The van der Waals surface area contributed by atoms with Crippen molar-refractivity contribution in [1.29, 1.82) is 0 Å². The van der Waals surface area contributed by atoms with Gasteiger partial charge in [0.05, 0.1) is 19.9 Å². The van der Waals surface area contributed by atoms with Gasteiger partial charge < -0.3 is 18.9 Å². The third-order valence-corrected chi connectivity index (χ3v) is 3.91. The lowest BCUT2D eigenvalue weighted by Crippen LogP contribution is -1.93. The van der Waals surface area contributed by atoms with Crippen LogP contribution in [0, 0.1) is 0 Å². The van der Waals surface area contributed by atoms with Gasteiger partial charge in [-0.15, -0.1) is 0 Å². The minimum atomic E-state index is 0.255. The van der Waals surface area contributed by atoms with Gasteiger partial charge in [0.1, 0.15) is 0 Å². The van der Waals surface area contributed by atoms with E-state index in [4.69, 9.17) is 18.9 Å². The standard InChI is InChI=1S/C18H15NO4/c1-20-14-4-3-12(8-15(14)21-2)18-13-9-17-16(22-10-23-17)7-11(13)5-6-19-18/h3-9H,10H2,1-2H3. The largest absolute Gasteiger partial charge is 0.493 e. The molecule has 5 nitrogen and oxygen atoms in total. The molecule has 0 amide bonds. The zero-order valence-corrected chi connectivity index (χ0v) is 12.8. The number of pyridine rings is 1. The summed E-state index contributed by atoms with van der Waals surface area (Å²) in [5.41, 5.74) is 1.81. The van der Waals surface area contributed by atoms with Gasteiger partial charge in [-0.05, 0) is 41.8 Å². The number of rotatable bonds is 3. The fourth-order valence-electron chi connectivity index (χ4n) is 2.78. The predicted molar refractivity (Wildman–Crippen MR) is 86.4 cm³/mol. The Morgan fingerprint density at radius 2 is 1.70 bits per heavy atom. The second kappa shape index (κ2) is 5.35. The lowest BCUT2D eigenvalue weighted by molar-refractivity contribution is 0.174. The minimum absolute atomic E-state index is 0.255. The molecule has 0 spiro atoms. The molecule has 3 aromatic rings. The van der Waals surface area contributed by atoms with Crippen LogP contribution in [0.5, 0.6) is 23.0 Å². The average molecular weight is 309 g/mol. The Kier molecular flexibility index (Phi) is 3.19. The molecular weight excluding hydrogens is 294 g/mol. The van der Waals surface area contributed by atoms with E-state index >= 15 is 0 Å². The quantitative estimate of drug-likeness (QED) is 0.739. The van der Waals surface area contributed by atoms with Crippen molar-refractivity contribution in [2.45, 2.75) is 0 Å². The number of hydrogen-bond donors (Lipinski definition) is 0. The second-order valence-corrected chi connectivity index (χ2v) is 5.16. The van der Waals surface area contributed by atoms with Crippen LogP contribution in [0.2, 0.25) is 0 Å². The van der Waals surface area contributed by atoms with Crippen molar-refractivity contribution in [1.82, 2.24) is 4.98 Å². The molecule has 1 aliphatic heterocycles. The molecule has 4 rings (SSSR count). The van der Waals surface area contributed by atoms with E-state index in [-0.39, 0.29) is 6.79 Å². The molecule has 0 atom stereocenters. The van der Waals surface area contributed by atoms with Gasteiger partial charge in [-0.3, -0.25) is 4.98 Å². The van der Waals surface area contributed by atoms with Gasteiger partial charge in [0.25, 0.3) is 0 Å². The van der Waals surface area contributed by atoms with E-state index in [2.05, 4.69) is 4.98 Å². The first kappa shape index (κ1) is 13.7. The monoisotopic (exact) mass is 309 g/mol. The lowest BCUT2D eigenvalue weighted by Gasteiger charge is -2.11. The van der Waals surface area contributed by atoms with Gasteiger partial charge in [0, 0.05) is 17.1 Å². The highest BCUT2D eigenvalue weighted by Crippen LogP contribution is 2.40. The Labute approximate surface area is 133 Å². The summed E-state index contributed by atoms with van der Waals surface area (Å²) in [6.45, 7) is 0.255. The Balaban J connectivity index is 1.92. The van der Waals surface area contributed by atoms with Crippen molar-refractivity contribution in [3.05, 3.63) is 42.6 Å². The van der Waals surface area contributed by atoms with Crippen LogP contribution in [0.1, 0.15) is 0 Å². The van der Waals surface area contributed by atoms with Crippen LogP contribution in [-0.2, 0) is 0 Å². The first-order valence-corrected chi connectivity index (χ1v) is 7.21. The van der Waals surface area contributed by atoms with Crippen molar-refractivity contribution in [3.63, 3.8) is 0 Å². The highest BCUT2D eigenvalue weighted by molar-refractivity contribution is 5.97. The molecule has 0 saturated heterocycles. The zero-order chi connectivity index (χ0) is 15.8. The van der Waals surface area contributed by atoms with Gasteiger partial charge in [-0.2, -0.15) is 0 Å². The van der Waals surface area contributed by atoms with E-state index in [9.17, 15) is 0 Å². The molecule has 2 aromatic carbocycles. The highest BCUT2D eigenvalue weighted by atomic mass is 16.7. The van der Waals surface area contributed by atoms with Crippen LogP contribution in [-0.4, -0.2) is 26.0 Å². The van der Waals surface area contributed by atoms with E-state index in [1.54, 1.807) is 20.4 Å². The zero-order valence-electron chi connectivity index (χ0n) is 12.8. The normalized spacial score (nSPS) is 12.4. The Hall–Kier alpha value is -2.95. The average Bonchev–Trinajstić information content (AvgIpc) is 3.06. The van der Waals surface area contributed by atoms with E-state index in [0.29, 0.717) is 11.5 Å². The van der Waals surface area contributed by atoms with Crippen LogP contribution in [0.4, 0.5) is 0 Å². The summed E-state index contributed by atoms with van der Waals surface area (Å²) in [6.07, 6.45) is 1.79. The van der Waals surface area contributed by atoms with Crippen LogP contribution in [0.25, 0.3) is 22.0 Å². The second-order valence-electron chi connectivity index (χ2n) is 5.16. The molecule has 1 aliphatic rings. The third kappa shape index (κ3) is 2.21. The molecule has 0 saturated carbocycles. The van der Waals surface area contributed by atoms with Crippen LogP contribution in [0.15, 0.2) is 42.6 Å². The highest BCUT2D eigenvalue weighted by Gasteiger charge is 2.17. The van der Waals surface area contributed by atoms with E-state index in [1.165, 1.54) is 0 Å². The third-order valence-electron chi connectivity index (χ3n) is 3.91. The summed E-state index contributed by atoms with van der Waals surface area (Å²) in [5.74, 6) is 2.87. The van der Waals surface area contributed by atoms with Crippen molar-refractivity contribution in [2.24, 2.45) is 0 Å². The SMILES string of the molecule is COc1ccc(-c2nccc3cc4c(cc23)OCO4)cc1OC. The van der Waals surface area contributed by atoms with Gasteiger partial charge in [0.2, 0.25) is 6.79 Å². The summed E-state index contributed by atoms with van der Waals surface area (Å²) in [6, 6.07) is 11.7. The molecule has 2 heterocycles. The summed E-state index contributed by atoms with van der Waals surface area (Å²) < 4.78 is 21.6. The van der Waals surface area contributed by atoms with Crippen LogP contribution in [0.3, 0.4) is 0 Å². The Morgan fingerprint density at radius 3 is 2.48 bits per heavy atom. The lowest BCUT2D eigenvalue weighted by atomic mass is 10.0. The number of ether oxygens (including phenoxy) is 4. The van der Waals surface area contributed by atoms with Crippen LogP contribution < -0.4 is 18.9 Å². The Morgan fingerprint density at radius 1 is 0.913 bits per heavy atom. The number of fused-ring (bicyclic) bond motifs is 2. The molecule has 0 bridgehead atoms. The van der Waals surface area contributed by atoms with E-state index in [0.717, 1.165) is 33.5 Å². The number of methoxy groups -OCH3 is 2. The maximum Gasteiger partial charge on any atom is 0.231 e. The van der Waals surface area contributed by atoms with Gasteiger partial charge >= 0.3 is 0 Å².